The van der Waals surface area contributed by atoms with Gasteiger partial charge in [0.15, 0.2) is 11.0 Å². The lowest BCUT2D eigenvalue weighted by molar-refractivity contribution is -0.119. The summed E-state index contributed by atoms with van der Waals surface area (Å²) < 4.78 is 15.1. The second-order valence-electron chi connectivity index (χ2n) is 7.11. The van der Waals surface area contributed by atoms with E-state index in [9.17, 15) is 9.18 Å². The van der Waals surface area contributed by atoms with E-state index in [2.05, 4.69) is 22.1 Å². The van der Waals surface area contributed by atoms with Gasteiger partial charge in [0.05, 0.1) is 5.75 Å². The highest BCUT2D eigenvalue weighted by Crippen LogP contribution is 2.24. The molecule has 1 aromatic carbocycles. The van der Waals surface area contributed by atoms with E-state index in [1.165, 1.54) is 56.0 Å². The molecule has 0 bridgehead atoms. The van der Waals surface area contributed by atoms with Gasteiger partial charge in [0, 0.05) is 18.2 Å². The summed E-state index contributed by atoms with van der Waals surface area (Å²) in [5.74, 6) is 0.684. The molecule has 1 aliphatic carbocycles. The number of rotatable bonds is 7. The molecule has 1 amide bonds. The molecule has 1 heterocycles. The molecule has 2 aromatic rings. The molecule has 0 spiro atoms. The Morgan fingerprint density at radius 1 is 1.18 bits per heavy atom. The molecule has 1 saturated carbocycles. The Balaban J connectivity index is 1.62. The van der Waals surface area contributed by atoms with Crippen molar-refractivity contribution in [1.29, 1.82) is 0 Å². The predicted molar refractivity (Wildman–Crippen MR) is 111 cm³/mol. The van der Waals surface area contributed by atoms with Crippen molar-refractivity contribution in [3.05, 3.63) is 42.7 Å². The van der Waals surface area contributed by atoms with Crippen LogP contribution in [0.25, 0.3) is 11.4 Å². The van der Waals surface area contributed by atoms with Crippen molar-refractivity contribution in [1.82, 2.24) is 20.1 Å². The van der Waals surface area contributed by atoms with Crippen LogP contribution >= 0.6 is 11.8 Å². The summed E-state index contributed by atoms with van der Waals surface area (Å²) in [5, 5.41) is 12.3. The van der Waals surface area contributed by atoms with Crippen molar-refractivity contribution in [2.45, 2.75) is 62.7 Å². The smallest absolute Gasteiger partial charge is 0.230 e. The van der Waals surface area contributed by atoms with Crippen LogP contribution in [0.5, 0.6) is 0 Å². The fourth-order valence-corrected chi connectivity index (χ4v) is 4.26. The van der Waals surface area contributed by atoms with Crippen LogP contribution in [0, 0.1) is 5.82 Å². The fraction of sp³-hybridized carbons (Fsp3) is 0.476. The molecule has 7 heteroatoms. The van der Waals surface area contributed by atoms with Crippen LogP contribution in [-0.2, 0) is 11.3 Å². The van der Waals surface area contributed by atoms with Crippen molar-refractivity contribution in [2.24, 2.45) is 0 Å². The van der Waals surface area contributed by atoms with Crippen LogP contribution in [-0.4, -0.2) is 32.5 Å². The van der Waals surface area contributed by atoms with Gasteiger partial charge in [-0.15, -0.1) is 16.8 Å². The SMILES string of the molecule is C=CCn1c(SCC(=O)NC2CCCCCCC2)nnc1-c1ccc(F)cc1. The highest BCUT2D eigenvalue weighted by Gasteiger charge is 2.17. The number of halogens is 1. The minimum atomic E-state index is -0.293. The topological polar surface area (TPSA) is 59.8 Å². The summed E-state index contributed by atoms with van der Waals surface area (Å²) in [6.45, 7) is 4.31. The van der Waals surface area contributed by atoms with Crippen LogP contribution in [0.2, 0.25) is 0 Å². The maximum atomic E-state index is 13.2. The third kappa shape index (κ3) is 5.67. The van der Waals surface area contributed by atoms with Crippen molar-refractivity contribution in [3.63, 3.8) is 0 Å². The van der Waals surface area contributed by atoms with Gasteiger partial charge in [-0.2, -0.15) is 0 Å². The van der Waals surface area contributed by atoms with Gasteiger partial charge in [0.1, 0.15) is 5.82 Å². The number of hydrogen-bond donors (Lipinski definition) is 1. The van der Waals surface area contributed by atoms with Gasteiger partial charge in [-0.25, -0.2) is 4.39 Å². The lowest BCUT2D eigenvalue weighted by Gasteiger charge is -2.20. The van der Waals surface area contributed by atoms with Gasteiger partial charge < -0.3 is 5.32 Å². The summed E-state index contributed by atoms with van der Waals surface area (Å²) in [7, 11) is 0. The average Bonchev–Trinajstić information content (AvgIpc) is 3.06. The third-order valence-corrected chi connectivity index (χ3v) is 5.90. The first-order valence-corrected chi connectivity index (χ1v) is 10.9. The Kier molecular flexibility index (Phi) is 7.65. The van der Waals surface area contributed by atoms with Crippen molar-refractivity contribution >= 4 is 17.7 Å². The van der Waals surface area contributed by atoms with E-state index < -0.39 is 0 Å². The highest BCUT2D eigenvalue weighted by atomic mass is 32.2. The number of nitrogens with zero attached hydrogens (tertiary/aromatic N) is 3. The second kappa shape index (κ2) is 10.4. The van der Waals surface area contributed by atoms with Crippen LogP contribution < -0.4 is 5.32 Å². The number of amides is 1. The maximum Gasteiger partial charge on any atom is 0.230 e. The molecule has 3 rings (SSSR count). The number of nitrogens with one attached hydrogen (secondary N) is 1. The minimum Gasteiger partial charge on any atom is -0.353 e. The largest absolute Gasteiger partial charge is 0.353 e. The van der Waals surface area contributed by atoms with Gasteiger partial charge in [-0.3, -0.25) is 9.36 Å². The molecule has 1 N–H and O–H groups in total. The zero-order chi connectivity index (χ0) is 19.8. The molecular formula is C21H27FN4OS. The van der Waals surface area contributed by atoms with Crippen molar-refractivity contribution in [3.8, 4) is 11.4 Å². The first-order valence-electron chi connectivity index (χ1n) is 9.89. The van der Waals surface area contributed by atoms with Gasteiger partial charge in [-0.1, -0.05) is 49.9 Å². The zero-order valence-corrected chi connectivity index (χ0v) is 16.9. The normalized spacial score (nSPS) is 15.6. The number of hydrogen-bond acceptors (Lipinski definition) is 4. The Morgan fingerprint density at radius 2 is 1.86 bits per heavy atom. The van der Waals surface area contributed by atoms with Crippen LogP contribution in [0.4, 0.5) is 4.39 Å². The second-order valence-corrected chi connectivity index (χ2v) is 8.05. The fourth-order valence-electron chi connectivity index (χ4n) is 3.50. The van der Waals surface area contributed by atoms with E-state index in [1.807, 2.05) is 4.57 Å². The van der Waals surface area contributed by atoms with Gasteiger partial charge in [-0.05, 0) is 37.1 Å². The van der Waals surface area contributed by atoms with E-state index in [0.717, 1.165) is 18.4 Å². The van der Waals surface area contributed by atoms with Crippen molar-refractivity contribution in [2.75, 3.05) is 5.75 Å². The Labute approximate surface area is 169 Å². The lowest BCUT2D eigenvalue weighted by atomic mass is 9.97. The molecular weight excluding hydrogens is 375 g/mol. The van der Waals surface area contributed by atoms with Gasteiger partial charge in [0.2, 0.25) is 5.91 Å². The van der Waals surface area contributed by atoms with E-state index >= 15 is 0 Å². The molecule has 0 radical (unpaired) electrons. The molecule has 0 saturated heterocycles. The Hall–Kier alpha value is -2.15. The van der Waals surface area contributed by atoms with E-state index in [0.29, 0.717) is 23.3 Å². The molecule has 5 nitrogen and oxygen atoms in total. The molecule has 0 unspecified atom stereocenters. The molecule has 1 aromatic heterocycles. The van der Waals surface area contributed by atoms with Crippen molar-refractivity contribution < 1.29 is 9.18 Å². The van der Waals surface area contributed by atoms with E-state index in [-0.39, 0.29) is 17.8 Å². The maximum absolute atomic E-state index is 13.2. The minimum absolute atomic E-state index is 0.0343. The van der Waals surface area contributed by atoms with E-state index in [1.54, 1.807) is 18.2 Å². The Bertz CT molecular complexity index is 782. The number of carbonyl (C=O) groups excluding carboxylic acids is 1. The van der Waals surface area contributed by atoms with Gasteiger partial charge >= 0.3 is 0 Å². The summed E-state index contributed by atoms with van der Waals surface area (Å²) in [6, 6.07) is 6.44. The standard InChI is InChI=1S/C21H27FN4OS/c1-2-14-26-20(16-10-12-17(22)13-11-16)24-25-21(26)28-15-19(27)23-18-8-6-4-3-5-7-9-18/h2,10-13,18H,1,3-9,14-15H2,(H,23,27). The number of carbonyl (C=O) groups is 1. The molecule has 0 aliphatic heterocycles. The summed E-state index contributed by atoms with van der Waals surface area (Å²) in [5.41, 5.74) is 0.779. The molecule has 1 aliphatic rings. The zero-order valence-electron chi connectivity index (χ0n) is 16.1. The quantitative estimate of drug-likeness (QED) is 0.543. The predicted octanol–water partition coefficient (Wildman–Crippen LogP) is 4.59. The summed E-state index contributed by atoms with van der Waals surface area (Å²) in [6.07, 6.45) is 10.1. The van der Waals surface area contributed by atoms with Crippen LogP contribution in [0.15, 0.2) is 42.1 Å². The third-order valence-electron chi connectivity index (χ3n) is 4.93. The average molecular weight is 403 g/mol. The first kappa shape index (κ1) is 20.6. The number of benzene rings is 1. The molecule has 150 valence electrons. The van der Waals surface area contributed by atoms with Gasteiger partial charge in [0.25, 0.3) is 0 Å². The highest BCUT2D eigenvalue weighted by molar-refractivity contribution is 7.99. The summed E-state index contributed by atoms with van der Waals surface area (Å²) >= 11 is 1.37. The molecule has 1 fully saturated rings. The first-order chi connectivity index (χ1) is 13.7. The number of thioether (sulfide) groups is 1. The van der Waals surface area contributed by atoms with E-state index in [4.69, 9.17) is 0 Å². The number of aromatic nitrogens is 3. The molecule has 0 atom stereocenters. The van der Waals surface area contributed by atoms with Crippen LogP contribution in [0.3, 0.4) is 0 Å². The summed E-state index contributed by atoms with van der Waals surface area (Å²) in [4.78, 5) is 12.4. The number of allylic oxidation sites excluding steroid dienone is 1. The molecule has 28 heavy (non-hydrogen) atoms. The monoisotopic (exact) mass is 402 g/mol. The Morgan fingerprint density at radius 3 is 2.54 bits per heavy atom. The lowest BCUT2D eigenvalue weighted by Crippen LogP contribution is -2.36. The van der Waals surface area contributed by atoms with Crippen LogP contribution in [0.1, 0.15) is 44.9 Å².